The highest BCUT2D eigenvalue weighted by molar-refractivity contribution is 8.26. The van der Waals surface area contributed by atoms with Gasteiger partial charge in [-0.1, -0.05) is 55.2 Å². The second kappa shape index (κ2) is 6.51. The van der Waals surface area contributed by atoms with E-state index in [0.717, 1.165) is 12.0 Å². The van der Waals surface area contributed by atoms with E-state index in [0.29, 0.717) is 14.8 Å². The van der Waals surface area contributed by atoms with Crippen molar-refractivity contribution in [1.29, 1.82) is 5.26 Å². The van der Waals surface area contributed by atoms with Gasteiger partial charge in [0.05, 0.1) is 16.5 Å². The van der Waals surface area contributed by atoms with E-state index in [1.807, 2.05) is 24.3 Å². The van der Waals surface area contributed by atoms with Crippen molar-refractivity contribution in [3.8, 4) is 6.07 Å². The van der Waals surface area contributed by atoms with Gasteiger partial charge in [-0.2, -0.15) is 5.26 Å². The summed E-state index contributed by atoms with van der Waals surface area (Å²) in [5.41, 5.74) is 2.60. The molecule has 1 aliphatic heterocycles. The van der Waals surface area contributed by atoms with Crippen molar-refractivity contribution in [2.75, 3.05) is 0 Å². The van der Waals surface area contributed by atoms with Crippen LogP contribution >= 0.6 is 24.0 Å². The van der Waals surface area contributed by atoms with Crippen LogP contribution in [0, 0.1) is 11.3 Å². The number of hydrogen-bond donors (Lipinski definition) is 1. The van der Waals surface area contributed by atoms with E-state index in [1.54, 1.807) is 12.2 Å². The Morgan fingerprint density at radius 1 is 1.45 bits per heavy atom. The molecule has 0 aliphatic carbocycles. The van der Waals surface area contributed by atoms with E-state index in [2.05, 4.69) is 18.3 Å². The van der Waals surface area contributed by atoms with Crippen LogP contribution in [0.25, 0.3) is 6.08 Å². The van der Waals surface area contributed by atoms with Gasteiger partial charge in [-0.3, -0.25) is 4.79 Å². The molecule has 0 radical (unpaired) electrons. The quantitative estimate of drug-likeness (QED) is 0.529. The number of nitrogens with one attached hydrogen (secondary N) is 1. The highest BCUT2D eigenvalue weighted by Gasteiger charge is 2.22. The number of benzene rings is 1. The van der Waals surface area contributed by atoms with Crippen LogP contribution in [0.5, 0.6) is 0 Å². The fourth-order valence-corrected chi connectivity index (χ4v) is 2.73. The van der Waals surface area contributed by atoms with Gasteiger partial charge in [0.15, 0.2) is 0 Å². The first-order valence-electron chi connectivity index (χ1n) is 6.08. The van der Waals surface area contributed by atoms with E-state index in [1.165, 1.54) is 17.3 Å². The van der Waals surface area contributed by atoms with E-state index in [4.69, 9.17) is 17.5 Å². The van der Waals surface area contributed by atoms with Gasteiger partial charge in [0.2, 0.25) is 0 Å². The fraction of sp³-hybridized carbons (Fsp3) is 0.133. The third kappa shape index (κ3) is 3.56. The van der Waals surface area contributed by atoms with Crippen molar-refractivity contribution < 1.29 is 4.79 Å². The number of thioether (sulfide) groups is 1. The maximum absolute atomic E-state index is 11.5. The van der Waals surface area contributed by atoms with Crippen molar-refractivity contribution in [1.82, 2.24) is 5.32 Å². The maximum Gasteiger partial charge on any atom is 0.263 e. The van der Waals surface area contributed by atoms with Gasteiger partial charge >= 0.3 is 0 Å². The first-order valence-corrected chi connectivity index (χ1v) is 7.30. The molecular weight excluding hydrogens is 288 g/mol. The molecule has 2 rings (SSSR count). The molecule has 1 fully saturated rings. The summed E-state index contributed by atoms with van der Waals surface area (Å²) >= 11 is 6.08. The van der Waals surface area contributed by atoms with Gasteiger partial charge in [0.1, 0.15) is 4.32 Å². The van der Waals surface area contributed by atoms with E-state index < -0.39 is 0 Å². The molecule has 3 nitrogen and oxygen atoms in total. The SMILES string of the molecule is CCc1ccc(/C=C(C#N)/C=C2\SC(=S)NC2=O)cc1. The Morgan fingerprint density at radius 3 is 2.65 bits per heavy atom. The number of rotatable bonds is 3. The zero-order valence-electron chi connectivity index (χ0n) is 10.8. The zero-order chi connectivity index (χ0) is 14.5. The minimum atomic E-state index is -0.248. The Kier molecular flexibility index (Phi) is 4.72. The van der Waals surface area contributed by atoms with Gasteiger partial charge in [-0.15, -0.1) is 0 Å². The lowest BCUT2D eigenvalue weighted by Gasteiger charge is -1.98. The molecule has 1 aromatic rings. The third-order valence-electron chi connectivity index (χ3n) is 2.77. The smallest absolute Gasteiger partial charge is 0.263 e. The van der Waals surface area contributed by atoms with Gasteiger partial charge in [0.25, 0.3) is 5.91 Å². The van der Waals surface area contributed by atoms with Crippen molar-refractivity contribution in [3.05, 3.63) is 51.9 Å². The number of carbonyl (C=O) groups excluding carboxylic acids is 1. The number of aryl methyl sites for hydroxylation is 1. The third-order valence-corrected chi connectivity index (χ3v) is 3.93. The van der Waals surface area contributed by atoms with Crippen LogP contribution in [0.3, 0.4) is 0 Å². The molecule has 0 atom stereocenters. The van der Waals surface area contributed by atoms with Crippen molar-refractivity contribution >= 4 is 40.3 Å². The molecule has 0 spiro atoms. The Hall–Kier alpha value is -1.90. The molecule has 1 aromatic carbocycles. The molecule has 20 heavy (non-hydrogen) atoms. The molecule has 1 heterocycles. The lowest BCUT2D eigenvalue weighted by molar-refractivity contribution is -0.115. The van der Waals surface area contributed by atoms with Crippen LogP contribution in [0.4, 0.5) is 0 Å². The molecule has 100 valence electrons. The summed E-state index contributed by atoms with van der Waals surface area (Å²) in [6, 6.07) is 10.1. The second-order valence-corrected chi connectivity index (χ2v) is 5.88. The molecular formula is C15H12N2OS2. The standard InChI is InChI=1S/C15H12N2OS2/c1-2-10-3-5-11(6-4-10)7-12(9-16)8-13-14(18)17-15(19)20-13/h3-8H,2H2,1H3,(H,17,18,19)/b12-7-,13-8-. The number of nitrogens with zero attached hydrogens (tertiary/aromatic N) is 1. The number of thiocarbonyl (C=S) groups is 1. The van der Waals surface area contributed by atoms with Crippen molar-refractivity contribution in [2.45, 2.75) is 13.3 Å². The fourth-order valence-electron chi connectivity index (χ4n) is 1.70. The Balaban J connectivity index is 2.25. The Bertz CT molecular complexity index is 651. The molecule has 0 aromatic heterocycles. The summed E-state index contributed by atoms with van der Waals surface area (Å²) < 4.78 is 0.422. The van der Waals surface area contributed by atoms with Gasteiger partial charge in [-0.25, -0.2) is 0 Å². The number of nitriles is 1. The summed E-state index contributed by atoms with van der Waals surface area (Å²) in [6.45, 7) is 2.09. The van der Waals surface area contributed by atoms with Crippen LogP contribution in [0.2, 0.25) is 0 Å². The van der Waals surface area contributed by atoms with E-state index >= 15 is 0 Å². The molecule has 1 N–H and O–H groups in total. The number of allylic oxidation sites excluding steroid dienone is 2. The summed E-state index contributed by atoms with van der Waals surface area (Å²) in [5, 5.41) is 11.7. The lowest BCUT2D eigenvalue weighted by Crippen LogP contribution is -2.17. The number of amides is 1. The van der Waals surface area contributed by atoms with Gasteiger partial charge in [-0.05, 0) is 29.7 Å². The highest BCUT2D eigenvalue weighted by Crippen LogP contribution is 2.25. The molecule has 5 heteroatoms. The van der Waals surface area contributed by atoms with Crippen LogP contribution < -0.4 is 5.32 Å². The molecule has 0 bridgehead atoms. The minimum absolute atomic E-state index is 0.248. The summed E-state index contributed by atoms with van der Waals surface area (Å²) in [5.74, 6) is -0.248. The highest BCUT2D eigenvalue weighted by atomic mass is 32.2. The summed E-state index contributed by atoms with van der Waals surface area (Å²) in [7, 11) is 0. The van der Waals surface area contributed by atoms with Crippen LogP contribution in [0.15, 0.2) is 40.8 Å². The monoisotopic (exact) mass is 300 g/mol. The summed E-state index contributed by atoms with van der Waals surface area (Å²) in [6.07, 6.45) is 4.29. The average molecular weight is 300 g/mol. The normalized spacial score (nSPS) is 17.2. The molecule has 1 aliphatic rings. The molecule has 0 saturated carbocycles. The van der Waals surface area contributed by atoms with Crippen molar-refractivity contribution in [3.63, 3.8) is 0 Å². The predicted molar refractivity (Wildman–Crippen MR) is 85.8 cm³/mol. The topological polar surface area (TPSA) is 52.9 Å². The van der Waals surface area contributed by atoms with Crippen LogP contribution in [-0.4, -0.2) is 10.2 Å². The van der Waals surface area contributed by atoms with E-state index in [9.17, 15) is 4.79 Å². The minimum Gasteiger partial charge on any atom is -0.307 e. The van der Waals surface area contributed by atoms with Gasteiger partial charge < -0.3 is 5.32 Å². The van der Waals surface area contributed by atoms with Crippen LogP contribution in [0.1, 0.15) is 18.1 Å². The largest absolute Gasteiger partial charge is 0.307 e. The number of carbonyl (C=O) groups is 1. The lowest BCUT2D eigenvalue weighted by atomic mass is 10.1. The Morgan fingerprint density at radius 2 is 2.15 bits per heavy atom. The Labute approximate surface area is 127 Å². The predicted octanol–water partition coefficient (Wildman–Crippen LogP) is 3.19. The average Bonchev–Trinajstić information content (AvgIpc) is 2.77. The first-order chi connectivity index (χ1) is 9.62. The van der Waals surface area contributed by atoms with Gasteiger partial charge in [0, 0.05) is 0 Å². The molecule has 0 unspecified atom stereocenters. The first kappa shape index (κ1) is 14.5. The molecule has 1 amide bonds. The zero-order valence-corrected chi connectivity index (χ0v) is 12.5. The second-order valence-electron chi connectivity index (χ2n) is 4.16. The van der Waals surface area contributed by atoms with Crippen molar-refractivity contribution in [2.24, 2.45) is 0 Å². The number of hydrogen-bond acceptors (Lipinski definition) is 4. The van der Waals surface area contributed by atoms with E-state index in [-0.39, 0.29) is 5.91 Å². The van der Waals surface area contributed by atoms with Crippen LogP contribution in [-0.2, 0) is 11.2 Å². The summed E-state index contributed by atoms with van der Waals surface area (Å²) in [4.78, 5) is 12.0. The maximum atomic E-state index is 11.5. The molecule has 1 saturated heterocycles.